The molecule has 5 nitrogen and oxygen atoms in total. The monoisotopic (exact) mass is 339 g/mol. The van der Waals surface area contributed by atoms with Crippen LogP contribution < -0.4 is 5.32 Å². The fourth-order valence-electron chi connectivity index (χ4n) is 2.43. The Kier molecular flexibility index (Phi) is 3.59. The van der Waals surface area contributed by atoms with Crippen molar-refractivity contribution in [2.24, 2.45) is 0 Å². The van der Waals surface area contributed by atoms with Gasteiger partial charge < -0.3 is 5.32 Å². The van der Waals surface area contributed by atoms with Gasteiger partial charge in [0.2, 0.25) is 0 Å². The van der Waals surface area contributed by atoms with E-state index in [4.69, 9.17) is 11.6 Å². The quantitative estimate of drug-likeness (QED) is 0.603. The molecule has 4 aromatic rings. The Balaban J connectivity index is 1.81. The van der Waals surface area contributed by atoms with E-state index in [0.717, 1.165) is 5.69 Å². The molecule has 118 valence electrons. The van der Waals surface area contributed by atoms with E-state index in [0.29, 0.717) is 27.6 Å². The highest BCUT2D eigenvalue weighted by Crippen LogP contribution is 2.28. The van der Waals surface area contributed by atoms with Crippen molar-refractivity contribution < 1.29 is 4.39 Å². The molecule has 0 saturated heterocycles. The van der Waals surface area contributed by atoms with E-state index < -0.39 is 0 Å². The van der Waals surface area contributed by atoms with Crippen LogP contribution >= 0.6 is 11.6 Å². The molecule has 0 atom stereocenters. The molecule has 0 aliphatic rings. The normalized spacial score (nSPS) is 10.9. The molecule has 7 heteroatoms. The molecule has 2 aromatic carbocycles. The first-order valence-electron chi connectivity index (χ1n) is 7.18. The van der Waals surface area contributed by atoms with Crippen LogP contribution in [0.3, 0.4) is 0 Å². The van der Waals surface area contributed by atoms with Crippen LogP contribution in [0.2, 0.25) is 5.02 Å². The van der Waals surface area contributed by atoms with Crippen molar-refractivity contribution in [3.8, 4) is 5.69 Å². The standard InChI is InChI=1S/C17H11ClFN5/c18-14-6-1-2-7-15(14)23-16-13-9-22-24(17(13)21-10-20-16)12-5-3-4-11(19)8-12/h1-10H,(H,20,21,23). The molecule has 24 heavy (non-hydrogen) atoms. The summed E-state index contributed by atoms with van der Waals surface area (Å²) in [5.41, 5.74) is 1.90. The Hall–Kier alpha value is -2.99. The van der Waals surface area contributed by atoms with Gasteiger partial charge in [0, 0.05) is 0 Å². The van der Waals surface area contributed by atoms with Crippen LogP contribution in [0.4, 0.5) is 15.9 Å². The minimum absolute atomic E-state index is 0.334. The lowest BCUT2D eigenvalue weighted by Crippen LogP contribution is -2.00. The van der Waals surface area contributed by atoms with Gasteiger partial charge in [0.25, 0.3) is 0 Å². The van der Waals surface area contributed by atoms with E-state index in [9.17, 15) is 4.39 Å². The molecule has 0 amide bonds. The second-order valence-electron chi connectivity index (χ2n) is 5.10. The number of fused-ring (bicyclic) bond motifs is 1. The summed E-state index contributed by atoms with van der Waals surface area (Å²) in [4.78, 5) is 8.53. The van der Waals surface area contributed by atoms with Crippen LogP contribution in [0.15, 0.2) is 61.1 Å². The Morgan fingerprint density at radius 2 is 1.92 bits per heavy atom. The first kappa shape index (κ1) is 14.6. The molecule has 0 unspecified atom stereocenters. The van der Waals surface area contributed by atoms with E-state index in [1.807, 2.05) is 18.2 Å². The summed E-state index contributed by atoms with van der Waals surface area (Å²) in [5.74, 6) is 0.246. The van der Waals surface area contributed by atoms with E-state index in [1.165, 1.54) is 18.5 Å². The van der Waals surface area contributed by atoms with Crippen molar-refractivity contribution in [1.29, 1.82) is 0 Å². The fourth-order valence-corrected chi connectivity index (χ4v) is 2.61. The summed E-state index contributed by atoms with van der Waals surface area (Å²) < 4.78 is 15.0. The van der Waals surface area contributed by atoms with Crippen molar-refractivity contribution >= 4 is 34.1 Å². The van der Waals surface area contributed by atoms with Gasteiger partial charge >= 0.3 is 0 Å². The van der Waals surface area contributed by atoms with E-state index in [-0.39, 0.29) is 5.82 Å². The molecule has 2 heterocycles. The van der Waals surface area contributed by atoms with Crippen molar-refractivity contribution in [2.45, 2.75) is 0 Å². The number of nitrogens with one attached hydrogen (secondary N) is 1. The molecular formula is C17H11ClFN5. The van der Waals surface area contributed by atoms with Gasteiger partial charge in [-0.3, -0.25) is 0 Å². The van der Waals surface area contributed by atoms with Gasteiger partial charge in [-0.1, -0.05) is 29.8 Å². The van der Waals surface area contributed by atoms with E-state index in [1.54, 1.807) is 29.1 Å². The van der Waals surface area contributed by atoms with Crippen LogP contribution in [-0.4, -0.2) is 19.7 Å². The summed E-state index contributed by atoms with van der Waals surface area (Å²) >= 11 is 6.18. The maximum absolute atomic E-state index is 13.5. The van der Waals surface area contributed by atoms with Crippen LogP contribution in [0, 0.1) is 5.82 Å². The van der Waals surface area contributed by atoms with Gasteiger partial charge in [-0.2, -0.15) is 5.10 Å². The van der Waals surface area contributed by atoms with Gasteiger partial charge in [0.15, 0.2) is 5.65 Å². The third-order valence-electron chi connectivity index (χ3n) is 3.55. The zero-order valence-electron chi connectivity index (χ0n) is 12.3. The number of halogens is 2. The first-order valence-corrected chi connectivity index (χ1v) is 7.56. The summed E-state index contributed by atoms with van der Waals surface area (Å²) in [6.45, 7) is 0. The highest BCUT2D eigenvalue weighted by atomic mass is 35.5. The number of rotatable bonds is 3. The number of hydrogen-bond donors (Lipinski definition) is 1. The number of nitrogens with zero attached hydrogens (tertiary/aromatic N) is 4. The maximum Gasteiger partial charge on any atom is 0.168 e. The maximum atomic E-state index is 13.5. The third kappa shape index (κ3) is 2.57. The summed E-state index contributed by atoms with van der Waals surface area (Å²) in [5, 5.41) is 8.78. The zero-order chi connectivity index (χ0) is 16.5. The molecule has 0 fully saturated rings. The molecule has 0 bridgehead atoms. The minimum Gasteiger partial charge on any atom is -0.338 e. The molecule has 4 rings (SSSR count). The van der Waals surface area contributed by atoms with Gasteiger partial charge in [-0.15, -0.1) is 0 Å². The Morgan fingerprint density at radius 3 is 2.75 bits per heavy atom. The molecule has 0 saturated carbocycles. The zero-order valence-corrected chi connectivity index (χ0v) is 13.1. The predicted octanol–water partition coefficient (Wildman–Crippen LogP) is 4.35. The average Bonchev–Trinajstić information content (AvgIpc) is 3.02. The average molecular weight is 340 g/mol. The van der Waals surface area contributed by atoms with Crippen molar-refractivity contribution in [3.63, 3.8) is 0 Å². The fraction of sp³-hybridized carbons (Fsp3) is 0. The van der Waals surface area contributed by atoms with Crippen LogP contribution in [0.5, 0.6) is 0 Å². The molecule has 0 radical (unpaired) electrons. The lowest BCUT2D eigenvalue weighted by atomic mass is 10.3. The molecule has 1 N–H and O–H groups in total. The largest absolute Gasteiger partial charge is 0.338 e. The van der Waals surface area contributed by atoms with Crippen molar-refractivity contribution in [1.82, 2.24) is 19.7 Å². The summed E-state index contributed by atoms with van der Waals surface area (Å²) in [7, 11) is 0. The number of para-hydroxylation sites is 1. The van der Waals surface area contributed by atoms with Gasteiger partial charge in [0.05, 0.1) is 28.0 Å². The molecule has 2 aromatic heterocycles. The Morgan fingerprint density at radius 1 is 1.04 bits per heavy atom. The number of aromatic nitrogens is 4. The van der Waals surface area contributed by atoms with Crippen LogP contribution in [0.1, 0.15) is 0 Å². The van der Waals surface area contributed by atoms with Crippen LogP contribution in [0.25, 0.3) is 16.7 Å². The smallest absolute Gasteiger partial charge is 0.168 e. The topological polar surface area (TPSA) is 55.6 Å². The molecule has 0 spiro atoms. The molecule has 0 aliphatic heterocycles. The molecule has 0 aliphatic carbocycles. The van der Waals surface area contributed by atoms with Gasteiger partial charge in [-0.25, -0.2) is 19.0 Å². The summed E-state index contributed by atoms with van der Waals surface area (Å²) in [6.07, 6.45) is 3.07. The lowest BCUT2D eigenvalue weighted by molar-refractivity contribution is 0.625. The number of anilines is 2. The van der Waals surface area contributed by atoms with Crippen molar-refractivity contribution in [3.05, 3.63) is 71.9 Å². The lowest BCUT2D eigenvalue weighted by Gasteiger charge is -2.08. The van der Waals surface area contributed by atoms with Gasteiger partial charge in [-0.05, 0) is 30.3 Å². The number of hydrogen-bond acceptors (Lipinski definition) is 4. The van der Waals surface area contributed by atoms with Crippen LogP contribution in [-0.2, 0) is 0 Å². The van der Waals surface area contributed by atoms with Crippen molar-refractivity contribution in [2.75, 3.05) is 5.32 Å². The minimum atomic E-state index is -0.334. The second-order valence-corrected chi connectivity index (χ2v) is 5.51. The second kappa shape index (κ2) is 5.90. The van der Waals surface area contributed by atoms with E-state index >= 15 is 0 Å². The number of benzene rings is 2. The van der Waals surface area contributed by atoms with Gasteiger partial charge in [0.1, 0.15) is 18.0 Å². The Labute approximate surface area is 141 Å². The first-order chi connectivity index (χ1) is 11.7. The Bertz CT molecular complexity index is 1030. The predicted molar refractivity (Wildman–Crippen MR) is 91.4 cm³/mol. The molecular weight excluding hydrogens is 329 g/mol. The SMILES string of the molecule is Fc1cccc(-n2ncc3c(Nc4ccccc4Cl)ncnc32)c1. The highest BCUT2D eigenvalue weighted by molar-refractivity contribution is 6.33. The highest BCUT2D eigenvalue weighted by Gasteiger charge is 2.12. The third-order valence-corrected chi connectivity index (χ3v) is 3.88. The van der Waals surface area contributed by atoms with E-state index in [2.05, 4.69) is 20.4 Å². The summed E-state index contributed by atoms with van der Waals surface area (Å²) in [6, 6.07) is 13.5.